The van der Waals surface area contributed by atoms with Gasteiger partial charge in [0.2, 0.25) is 0 Å². The van der Waals surface area contributed by atoms with Crippen molar-refractivity contribution in [2.24, 2.45) is 5.92 Å². The smallest absolute Gasteiger partial charge is 0.254 e. The molecule has 6 heteroatoms. The zero-order valence-corrected chi connectivity index (χ0v) is 16.5. The molecule has 1 unspecified atom stereocenters. The number of pyridine rings is 1. The molecule has 0 spiro atoms. The molecule has 1 aliphatic rings. The van der Waals surface area contributed by atoms with Crippen LogP contribution in [0.2, 0.25) is 0 Å². The first-order valence-electron chi connectivity index (χ1n) is 9.90. The molecule has 0 bridgehead atoms. The van der Waals surface area contributed by atoms with Gasteiger partial charge in [-0.2, -0.15) is 5.10 Å². The van der Waals surface area contributed by atoms with Crippen molar-refractivity contribution < 1.29 is 4.79 Å². The van der Waals surface area contributed by atoms with E-state index in [2.05, 4.69) is 36.2 Å². The monoisotopic (exact) mass is 357 g/mol. The van der Waals surface area contributed by atoms with E-state index in [4.69, 9.17) is 0 Å². The van der Waals surface area contributed by atoms with Gasteiger partial charge < -0.3 is 10.2 Å². The molecular formula is C20H31N5O. The Morgan fingerprint density at radius 3 is 2.73 bits per heavy atom. The molecule has 1 atom stereocenters. The molecule has 3 heterocycles. The summed E-state index contributed by atoms with van der Waals surface area (Å²) in [6, 6.07) is 2.18. The second kappa shape index (κ2) is 8.16. The van der Waals surface area contributed by atoms with Crippen LogP contribution < -0.4 is 5.32 Å². The van der Waals surface area contributed by atoms with Crippen LogP contribution in [0.1, 0.15) is 62.1 Å². The topological polar surface area (TPSA) is 63.1 Å². The Kier molecular flexibility index (Phi) is 5.91. The fraction of sp³-hybridized carbons (Fsp3) is 0.650. The molecule has 0 aliphatic carbocycles. The van der Waals surface area contributed by atoms with Crippen LogP contribution in [0.25, 0.3) is 11.0 Å². The van der Waals surface area contributed by atoms with Gasteiger partial charge in [-0.15, -0.1) is 0 Å². The molecule has 26 heavy (non-hydrogen) atoms. The lowest BCUT2D eigenvalue weighted by Gasteiger charge is -2.32. The van der Waals surface area contributed by atoms with E-state index in [1.54, 1.807) is 6.20 Å². The number of carbonyl (C=O) groups is 1. The highest BCUT2D eigenvalue weighted by Crippen LogP contribution is 2.25. The van der Waals surface area contributed by atoms with E-state index in [1.807, 2.05) is 22.6 Å². The summed E-state index contributed by atoms with van der Waals surface area (Å²) in [5.41, 5.74) is 2.44. The number of likely N-dealkylation sites (tertiary alicyclic amines) is 1. The van der Waals surface area contributed by atoms with Gasteiger partial charge in [-0.1, -0.05) is 13.8 Å². The van der Waals surface area contributed by atoms with Crippen LogP contribution in [-0.4, -0.2) is 51.8 Å². The Morgan fingerprint density at radius 2 is 2.08 bits per heavy atom. The van der Waals surface area contributed by atoms with Crippen LogP contribution in [0.3, 0.4) is 0 Å². The molecule has 2 aromatic heterocycles. The lowest BCUT2D eigenvalue weighted by Crippen LogP contribution is -2.40. The molecule has 0 radical (unpaired) electrons. The summed E-state index contributed by atoms with van der Waals surface area (Å²) < 4.78 is 1.95. The molecule has 1 saturated heterocycles. The van der Waals surface area contributed by atoms with Crippen LogP contribution in [0.5, 0.6) is 0 Å². The van der Waals surface area contributed by atoms with Gasteiger partial charge in [-0.05, 0) is 58.2 Å². The van der Waals surface area contributed by atoms with Crippen LogP contribution in [-0.2, 0) is 0 Å². The van der Waals surface area contributed by atoms with E-state index in [0.717, 1.165) is 67.7 Å². The van der Waals surface area contributed by atoms with Crippen molar-refractivity contribution in [2.75, 3.05) is 26.2 Å². The predicted molar refractivity (Wildman–Crippen MR) is 104 cm³/mol. The Morgan fingerprint density at radius 1 is 1.35 bits per heavy atom. The number of nitrogens with zero attached hydrogens (tertiary/aromatic N) is 4. The number of fused-ring (bicyclic) bond motifs is 1. The van der Waals surface area contributed by atoms with E-state index in [9.17, 15) is 4.79 Å². The number of hydrogen-bond donors (Lipinski definition) is 1. The number of hydrogen-bond acceptors (Lipinski definition) is 4. The molecule has 2 aromatic rings. The molecule has 3 rings (SSSR count). The van der Waals surface area contributed by atoms with Gasteiger partial charge in [0.25, 0.3) is 5.91 Å². The second-order valence-corrected chi connectivity index (χ2v) is 7.44. The molecule has 1 fully saturated rings. The normalized spacial score (nSPS) is 17.0. The minimum atomic E-state index is 0.117. The van der Waals surface area contributed by atoms with Gasteiger partial charge >= 0.3 is 0 Å². The highest BCUT2D eigenvalue weighted by molar-refractivity contribution is 6.05. The van der Waals surface area contributed by atoms with Crippen molar-refractivity contribution in [3.8, 4) is 0 Å². The quantitative estimate of drug-likeness (QED) is 0.862. The summed E-state index contributed by atoms with van der Waals surface area (Å²) in [6.45, 7) is 12.1. The fourth-order valence-electron chi connectivity index (χ4n) is 3.67. The molecule has 1 aliphatic heterocycles. The maximum absolute atomic E-state index is 13.2. The molecule has 6 nitrogen and oxygen atoms in total. The first-order valence-corrected chi connectivity index (χ1v) is 9.90. The highest BCUT2D eigenvalue weighted by atomic mass is 16.2. The first kappa shape index (κ1) is 18.8. The summed E-state index contributed by atoms with van der Waals surface area (Å²) in [5, 5.41) is 8.81. The fourth-order valence-corrected chi connectivity index (χ4v) is 3.67. The third-order valence-electron chi connectivity index (χ3n) is 5.52. The SMILES string of the molecule is CCNCC1CCN(C(=O)c2cc(C)nc3c2cnn3C(C)CC)CC1. The van der Waals surface area contributed by atoms with Gasteiger partial charge in [0, 0.05) is 18.8 Å². The Labute approximate surface area is 156 Å². The standard InChI is InChI=1S/C20H31N5O/c1-5-15(4)25-19-18(13-22-25)17(11-14(3)23-19)20(26)24-9-7-16(8-10-24)12-21-6-2/h11,13,15-16,21H,5-10,12H2,1-4H3. The summed E-state index contributed by atoms with van der Waals surface area (Å²) >= 11 is 0. The minimum absolute atomic E-state index is 0.117. The number of rotatable bonds is 6. The number of nitrogens with one attached hydrogen (secondary N) is 1. The molecule has 142 valence electrons. The lowest BCUT2D eigenvalue weighted by molar-refractivity contribution is 0.0692. The van der Waals surface area contributed by atoms with Crippen LogP contribution >= 0.6 is 0 Å². The van der Waals surface area contributed by atoms with Crippen molar-refractivity contribution in [1.82, 2.24) is 25.0 Å². The van der Waals surface area contributed by atoms with Crippen molar-refractivity contribution >= 4 is 16.9 Å². The van der Waals surface area contributed by atoms with E-state index in [-0.39, 0.29) is 11.9 Å². The van der Waals surface area contributed by atoms with Gasteiger partial charge in [0.1, 0.15) is 0 Å². The number of aromatic nitrogens is 3. The van der Waals surface area contributed by atoms with Crippen molar-refractivity contribution in [1.29, 1.82) is 0 Å². The van der Waals surface area contributed by atoms with Crippen molar-refractivity contribution in [3.05, 3.63) is 23.5 Å². The van der Waals surface area contributed by atoms with Crippen LogP contribution in [0.15, 0.2) is 12.3 Å². The van der Waals surface area contributed by atoms with Gasteiger partial charge in [0.15, 0.2) is 5.65 Å². The Balaban J connectivity index is 1.82. The van der Waals surface area contributed by atoms with Crippen molar-refractivity contribution in [3.63, 3.8) is 0 Å². The molecule has 0 saturated carbocycles. The summed E-state index contributed by atoms with van der Waals surface area (Å²) in [5.74, 6) is 0.789. The zero-order valence-electron chi connectivity index (χ0n) is 16.5. The minimum Gasteiger partial charge on any atom is -0.339 e. The van der Waals surface area contributed by atoms with Gasteiger partial charge in [0.05, 0.1) is 23.2 Å². The van der Waals surface area contributed by atoms with Gasteiger partial charge in [-0.3, -0.25) is 4.79 Å². The van der Waals surface area contributed by atoms with E-state index < -0.39 is 0 Å². The number of aryl methyl sites for hydroxylation is 1. The Bertz CT molecular complexity index is 761. The lowest BCUT2D eigenvalue weighted by atomic mass is 9.96. The summed E-state index contributed by atoms with van der Waals surface area (Å²) in [4.78, 5) is 19.8. The molecular weight excluding hydrogens is 326 g/mol. The summed E-state index contributed by atoms with van der Waals surface area (Å²) in [6.07, 6.45) is 4.92. The average Bonchev–Trinajstić information content (AvgIpc) is 3.08. The summed E-state index contributed by atoms with van der Waals surface area (Å²) in [7, 11) is 0. The third kappa shape index (κ3) is 3.75. The van der Waals surface area contributed by atoms with Crippen LogP contribution in [0, 0.1) is 12.8 Å². The van der Waals surface area contributed by atoms with E-state index in [1.165, 1.54) is 0 Å². The van der Waals surface area contributed by atoms with Crippen LogP contribution in [0.4, 0.5) is 0 Å². The highest BCUT2D eigenvalue weighted by Gasteiger charge is 2.26. The number of amides is 1. The predicted octanol–water partition coefficient (Wildman–Crippen LogP) is 3.17. The first-order chi connectivity index (χ1) is 12.5. The van der Waals surface area contributed by atoms with Crippen molar-refractivity contribution in [2.45, 2.75) is 53.0 Å². The number of carbonyl (C=O) groups excluding carboxylic acids is 1. The van der Waals surface area contributed by atoms with E-state index >= 15 is 0 Å². The third-order valence-corrected chi connectivity index (χ3v) is 5.52. The molecule has 1 N–H and O–H groups in total. The van der Waals surface area contributed by atoms with Gasteiger partial charge in [-0.25, -0.2) is 9.67 Å². The van der Waals surface area contributed by atoms with E-state index in [0.29, 0.717) is 5.92 Å². The largest absolute Gasteiger partial charge is 0.339 e. The maximum atomic E-state index is 13.2. The average molecular weight is 358 g/mol. The molecule has 1 amide bonds. The Hall–Kier alpha value is -1.95. The second-order valence-electron chi connectivity index (χ2n) is 7.44. The number of piperidine rings is 1. The zero-order chi connectivity index (χ0) is 18.7. The molecule has 0 aromatic carbocycles. The maximum Gasteiger partial charge on any atom is 0.254 e.